The Kier molecular flexibility index (Phi) is 6.61. The van der Waals surface area contributed by atoms with Gasteiger partial charge in [0.1, 0.15) is 0 Å². The number of hydrazine groups is 1. The smallest absolute Gasteiger partial charge is 0.250 e. The third-order valence-electron chi connectivity index (χ3n) is 1.31. The molecule has 0 aromatic heterocycles. The maximum absolute atomic E-state index is 10.0. The van der Waals surface area contributed by atoms with Gasteiger partial charge < -0.3 is 0 Å². The molecule has 2 amide bonds. The molecule has 0 aliphatic carbocycles. The van der Waals surface area contributed by atoms with Crippen LogP contribution >= 0.6 is 0 Å². The summed E-state index contributed by atoms with van der Waals surface area (Å²) >= 11 is 0. The zero-order valence-corrected chi connectivity index (χ0v) is 8.83. The molecule has 1 rings (SSSR count). The van der Waals surface area contributed by atoms with E-state index >= 15 is 0 Å². The highest BCUT2D eigenvalue weighted by Gasteiger charge is 2.06. The molecule has 0 saturated heterocycles. The summed E-state index contributed by atoms with van der Waals surface area (Å²) in [6.07, 6.45) is 3.59. The number of hydrogen-bond donors (Lipinski definition) is 2. The number of rotatable bonds is 3. The van der Waals surface area contributed by atoms with Crippen molar-refractivity contribution in [2.45, 2.75) is 13.3 Å². The molecule has 0 saturated carbocycles. The van der Waals surface area contributed by atoms with Gasteiger partial charge in [-0.25, -0.2) is 0 Å². The van der Waals surface area contributed by atoms with Crippen LogP contribution in [0.15, 0.2) is 12.2 Å². The number of amides is 2. The van der Waals surface area contributed by atoms with E-state index in [2.05, 4.69) is 12.3 Å². The first-order valence-electron chi connectivity index (χ1n) is 4.50. The highest BCUT2D eigenvalue weighted by atomic mass is 16.2. The van der Waals surface area contributed by atoms with Crippen LogP contribution in [0.1, 0.15) is 13.3 Å². The summed E-state index contributed by atoms with van der Waals surface area (Å²) in [5, 5.41) is 3.99. The van der Waals surface area contributed by atoms with Crippen molar-refractivity contribution in [3.05, 3.63) is 12.2 Å². The van der Waals surface area contributed by atoms with Crippen molar-refractivity contribution in [3.63, 3.8) is 0 Å². The molecular weight excluding hydrogens is 182 g/mol. The Morgan fingerprint density at radius 2 is 1.79 bits per heavy atom. The van der Waals surface area contributed by atoms with Crippen molar-refractivity contribution in [2.24, 2.45) is 0 Å². The van der Waals surface area contributed by atoms with Gasteiger partial charge in [0.15, 0.2) is 0 Å². The minimum atomic E-state index is -0.329. The molecule has 0 spiro atoms. The summed E-state index contributed by atoms with van der Waals surface area (Å²) in [5.74, 6) is -0.657. The third-order valence-corrected chi connectivity index (χ3v) is 1.31. The first kappa shape index (κ1) is 12.8. The topological polar surface area (TPSA) is 61.4 Å². The SMILES string of the molecule is CCCNN(C)C.O=C1C=CC(=O)N1. The number of carbonyl (C=O) groups excluding carboxylic acids is 2. The van der Waals surface area contributed by atoms with Gasteiger partial charge in [-0.1, -0.05) is 6.92 Å². The highest BCUT2D eigenvalue weighted by Crippen LogP contribution is 1.82. The maximum Gasteiger partial charge on any atom is 0.250 e. The Morgan fingerprint density at radius 3 is 1.93 bits per heavy atom. The van der Waals surface area contributed by atoms with Crippen LogP contribution in [0.25, 0.3) is 0 Å². The summed E-state index contributed by atoms with van der Waals surface area (Å²) in [7, 11) is 3.99. The van der Waals surface area contributed by atoms with Crippen molar-refractivity contribution >= 4 is 11.8 Å². The molecule has 0 atom stereocenters. The van der Waals surface area contributed by atoms with Crippen LogP contribution in [0, 0.1) is 0 Å². The average Bonchev–Trinajstić information content (AvgIpc) is 2.47. The Bertz CT molecular complexity index is 208. The molecule has 1 aliphatic heterocycles. The fourth-order valence-electron chi connectivity index (χ4n) is 0.692. The average molecular weight is 199 g/mol. The fourth-order valence-corrected chi connectivity index (χ4v) is 0.692. The Hall–Kier alpha value is -1.20. The monoisotopic (exact) mass is 199 g/mol. The maximum atomic E-state index is 10.0. The first-order chi connectivity index (χ1) is 6.56. The lowest BCUT2D eigenvalue weighted by Gasteiger charge is -2.08. The van der Waals surface area contributed by atoms with E-state index in [-0.39, 0.29) is 11.8 Å². The molecule has 0 aromatic rings. The van der Waals surface area contributed by atoms with E-state index in [1.165, 1.54) is 18.6 Å². The van der Waals surface area contributed by atoms with Crippen molar-refractivity contribution in [3.8, 4) is 0 Å². The van der Waals surface area contributed by atoms with Crippen LogP contribution < -0.4 is 10.7 Å². The van der Waals surface area contributed by atoms with Gasteiger partial charge in [0.25, 0.3) is 11.8 Å². The fraction of sp³-hybridized carbons (Fsp3) is 0.556. The first-order valence-corrected chi connectivity index (χ1v) is 4.50. The number of carbonyl (C=O) groups is 2. The summed E-state index contributed by atoms with van der Waals surface area (Å²) in [6, 6.07) is 0. The molecular formula is C9H17N3O2. The number of nitrogens with one attached hydrogen (secondary N) is 2. The minimum absolute atomic E-state index is 0.329. The van der Waals surface area contributed by atoms with Gasteiger partial charge in [-0.05, 0) is 6.42 Å². The molecule has 1 heterocycles. The molecule has 0 radical (unpaired) electrons. The number of nitrogens with zero attached hydrogens (tertiary/aromatic N) is 1. The standard InChI is InChI=1S/C5H14N2.C4H3NO2/c1-4-5-6-7(2)3;6-3-1-2-4(7)5-3/h6H,4-5H2,1-3H3;1-2H,(H,5,6,7). The molecule has 5 nitrogen and oxygen atoms in total. The van der Waals surface area contributed by atoms with Crippen LogP contribution in [-0.4, -0.2) is 37.5 Å². The van der Waals surface area contributed by atoms with Gasteiger partial charge in [0.2, 0.25) is 0 Å². The zero-order valence-electron chi connectivity index (χ0n) is 8.83. The zero-order chi connectivity index (χ0) is 11.0. The van der Waals surface area contributed by atoms with Gasteiger partial charge in [0, 0.05) is 32.8 Å². The second-order valence-electron chi connectivity index (χ2n) is 2.99. The predicted octanol–water partition coefficient (Wildman–Crippen LogP) is -0.338. The summed E-state index contributed by atoms with van der Waals surface area (Å²) in [6.45, 7) is 3.23. The lowest BCUT2D eigenvalue weighted by molar-refractivity contribution is -0.123. The quantitative estimate of drug-likeness (QED) is 0.482. The van der Waals surface area contributed by atoms with E-state index in [0.29, 0.717) is 0 Å². The molecule has 80 valence electrons. The Morgan fingerprint density at radius 1 is 1.29 bits per heavy atom. The van der Waals surface area contributed by atoms with Crippen molar-refractivity contribution in [2.75, 3.05) is 20.6 Å². The van der Waals surface area contributed by atoms with Gasteiger partial charge in [-0.15, -0.1) is 0 Å². The van der Waals surface area contributed by atoms with E-state index in [1.807, 2.05) is 24.4 Å². The van der Waals surface area contributed by atoms with Gasteiger partial charge >= 0.3 is 0 Å². The van der Waals surface area contributed by atoms with Crippen LogP contribution in [0.5, 0.6) is 0 Å². The normalized spacial score (nSPS) is 14.0. The minimum Gasteiger partial charge on any atom is -0.289 e. The lowest BCUT2D eigenvalue weighted by atomic mass is 10.5. The molecule has 1 aliphatic rings. The molecule has 0 bridgehead atoms. The van der Waals surface area contributed by atoms with Crippen LogP contribution in [0.3, 0.4) is 0 Å². The molecule has 5 heteroatoms. The van der Waals surface area contributed by atoms with E-state index in [0.717, 1.165) is 6.54 Å². The van der Waals surface area contributed by atoms with Crippen molar-refractivity contribution in [1.29, 1.82) is 0 Å². The molecule has 14 heavy (non-hydrogen) atoms. The van der Waals surface area contributed by atoms with E-state index in [4.69, 9.17) is 0 Å². The molecule has 0 aromatic carbocycles. The summed E-state index contributed by atoms with van der Waals surface area (Å²) < 4.78 is 0. The van der Waals surface area contributed by atoms with Crippen molar-refractivity contribution < 1.29 is 9.59 Å². The van der Waals surface area contributed by atoms with E-state index in [9.17, 15) is 9.59 Å². The molecule has 2 N–H and O–H groups in total. The van der Waals surface area contributed by atoms with E-state index < -0.39 is 0 Å². The lowest BCUT2D eigenvalue weighted by Crippen LogP contribution is -2.30. The third kappa shape index (κ3) is 7.45. The number of hydrogen-bond acceptors (Lipinski definition) is 4. The van der Waals surface area contributed by atoms with Crippen molar-refractivity contribution in [1.82, 2.24) is 15.8 Å². The predicted molar refractivity (Wildman–Crippen MR) is 54.3 cm³/mol. The summed E-state index contributed by atoms with van der Waals surface area (Å²) in [4.78, 5) is 20.1. The number of imide groups is 1. The second-order valence-corrected chi connectivity index (χ2v) is 2.99. The Labute approximate surface area is 84.1 Å². The van der Waals surface area contributed by atoms with Crippen LogP contribution in [-0.2, 0) is 9.59 Å². The van der Waals surface area contributed by atoms with Crippen LogP contribution in [0.2, 0.25) is 0 Å². The summed E-state index contributed by atoms with van der Waals surface area (Å²) in [5.41, 5.74) is 3.13. The highest BCUT2D eigenvalue weighted by molar-refractivity contribution is 6.12. The largest absolute Gasteiger partial charge is 0.289 e. The van der Waals surface area contributed by atoms with Gasteiger partial charge in [-0.2, -0.15) is 0 Å². The van der Waals surface area contributed by atoms with E-state index in [1.54, 1.807) is 0 Å². The Balaban J connectivity index is 0.000000241. The second kappa shape index (κ2) is 7.23. The molecule has 0 unspecified atom stereocenters. The van der Waals surface area contributed by atoms with Gasteiger partial charge in [-0.3, -0.25) is 25.3 Å². The van der Waals surface area contributed by atoms with Gasteiger partial charge in [0.05, 0.1) is 0 Å². The van der Waals surface area contributed by atoms with Crippen LogP contribution in [0.4, 0.5) is 0 Å². The molecule has 0 fully saturated rings.